The second-order valence-corrected chi connectivity index (χ2v) is 5.12. The predicted octanol–water partition coefficient (Wildman–Crippen LogP) is 2.19. The van der Waals surface area contributed by atoms with E-state index in [1.54, 1.807) is 18.2 Å². The van der Waals surface area contributed by atoms with E-state index in [0.717, 1.165) is 0 Å². The monoisotopic (exact) mass is 334 g/mol. The van der Waals surface area contributed by atoms with E-state index in [2.05, 4.69) is 10.6 Å². The van der Waals surface area contributed by atoms with E-state index >= 15 is 0 Å². The number of aliphatic hydroxyl groups excluding tert-OH is 1. The number of carbonyl (C=O) groups excluding carboxylic acids is 1. The first-order valence-corrected chi connectivity index (χ1v) is 7.02. The summed E-state index contributed by atoms with van der Waals surface area (Å²) in [6.45, 7) is 0.289. The molecule has 0 saturated heterocycles. The molecule has 1 unspecified atom stereocenters. The molecule has 4 N–H and O–H groups in total. The Morgan fingerprint density at radius 1 is 1.14 bits per heavy atom. The van der Waals surface area contributed by atoms with Crippen LogP contribution in [0.25, 0.3) is 0 Å². The van der Waals surface area contributed by atoms with Gasteiger partial charge in [-0.1, -0.05) is 29.3 Å². The molecule has 0 aromatic heterocycles. The van der Waals surface area contributed by atoms with Crippen LogP contribution in [0.1, 0.15) is 24.5 Å². The Kier molecular flexibility index (Phi) is 7.28. The van der Waals surface area contributed by atoms with Crippen LogP contribution in [0.15, 0.2) is 18.2 Å². The van der Waals surface area contributed by atoms with Crippen molar-refractivity contribution < 1.29 is 19.8 Å². The number of aliphatic carboxylic acids is 1. The summed E-state index contributed by atoms with van der Waals surface area (Å²) >= 11 is 11.6. The molecule has 116 valence electrons. The molecular weight excluding hydrogens is 319 g/mol. The van der Waals surface area contributed by atoms with Crippen LogP contribution in [-0.2, 0) is 4.79 Å². The van der Waals surface area contributed by atoms with Gasteiger partial charge in [-0.3, -0.25) is 4.79 Å². The molecule has 2 amide bonds. The highest BCUT2D eigenvalue weighted by molar-refractivity contribution is 6.42. The summed E-state index contributed by atoms with van der Waals surface area (Å²) in [4.78, 5) is 21.6. The minimum Gasteiger partial charge on any atom is -0.481 e. The van der Waals surface area contributed by atoms with Gasteiger partial charge in [0.15, 0.2) is 0 Å². The molecule has 0 saturated carbocycles. The Labute approximate surface area is 132 Å². The van der Waals surface area contributed by atoms with Crippen LogP contribution in [0.2, 0.25) is 10.0 Å². The summed E-state index contributed by atoms with van der Waals surface area (Å²) in [7, 11) is 0. The van der Waals surface area contributed by atoms with Crippen LogP contribution in [0.4, 0.5) is 4.79 Å². The van der Waals surface area contributed by atoms with Crippen molar-refractivity contribution in [1.29, 1.82) is 0 Å². The smallest absolute Gasteiger partial charge is 0.314 e. The molecule has 0 aliphatic rings. The summed E-state index contributed by atoms with van der Waals surface area (Å²) in [5.41, 5.74) is 0.609. The third-order valence-electron chi connectivity index (χ3n) is 2.66. The zero-order valence-corrected chi connectivity index (χ0v) is 12.6. The lowest BCUT2D eigenvalue weighted by Crippen LogP contribution is -2.37. The second-order valence-electron chi connectivity index (χ2n) is 4.30. The zero-order chi connectivity index (χ0) is 15.8. The number of amides is 2. The molecule has 0 bridgehead atoms. The van der Waals surface area contributed by atoms with Gasteiger partial charge in [0.2, 0.25) is 0 Å². The van der Waals surface area contributed by atoms with Gasteiger partial charge in [-0.25, -0.2) is 4.79 Å². The van der Waals surface area contributed by atoms with E-state index in [1.807, 2.05) is 0 Å². The molecule has 1 atom stereocenters. The fourth-order valence-corrected chi connectivity index (χ4v) is 1.86. The molecule has 0 fully saturated rings. The first-order chi connectivity index (χ1) is 9.90. The highest BCUT2D eigenvalue weighted by Crippen LogP contribution is 2.26. The van der Waals surface area contributed by atoms with E-state index < -0.39 is 18.1 Å². The number of carboxylic acid groups (broad SMARTS) is 1. The maximum atomic E-state index is 11.3. The van der Waals surface area contributed by atoms with Crippen molar-refractivity contribution in [2.75, 3.05) is 13.1 Å². The van der Waals surface area contributed by atoms with E-state index in [0.29, 0.717) is 22.0 Å². The number of urea groups is 1. The highest BCUT2D eigenvalue weighted by Gasteiger charge is 2.10. The molecule has 0 aliphatic heterocycles. The van der Waals surface area contributed by atoms with Crippen LogP contribution in [0, 0.1) is 0 Å². The van der Waals surface area contributed by atoms with Crippen LogP contribution in [0.5, 0.6) is 0 Å². The number of carbonyl (C=O) groups is 2. The zero-order valence-electron chi connectivity index (χ0n) is 11.1. The lowest BCUT2D eigenvalue weighted by Gasteiger charge is -2.12. The normalized spacial score (nSPS) is 11.8. The van der Waals surface area contributed by atoms with E-state index in [4.69, 9.17) is 28.3 Å². The molecule has 0 spiro atoms. The van der Waals surface area contributed by atoms with Crippen LogP contribution in [-0.4, -0.2) is 35.3 Å². The highest BCUT2D eigenvalue weighted by atomic mass is 35.5. The Balaban J connectivity index is 2.29. The van der Waals surface area contributed by atoms with Crippen LogP contribution < -0.4 is 10.6 Å². The first-order valence-electron chi connectivity index (χ1n) is 6.26. The summed E-state index contributed by atoms with van der Waals surface area (Å²) in [5.74, 6) is -0.981. The Hall–Kier alpha value is -1.50. The van der Waals surface area contributed by atoms with Crippen LogP contribution >= 0.6 is 23.2 Å². The van der Waals surface area contributed by atoms with Gasteiger partial charge in [-0.15, -0.1) is 0 Å². The lowest BCUT2D eigenvalue weighted by atomic mass is 10.1. The standard InChI is InChI=1S/C13H16Cl2N2O4/c14-9-2-1-8(7-10(9)15)11(18)3-5-16-13(21)17-6-4-12(19)20/h1-2,7,11,18H,3-6H2,(H,19,20)(H2,16,17,21). The molecule has 0 radical (unpaired) electrons. The van der Waals surface area contributed by atoms with Gasteiger partial charge in [0.05, 0.1) is 22.6 Å². The second kappa shape index (κ2) is 8.71. The number of hydrogen-bond donors (Lipinski definition) is 4. The molecule has 6 nitrogen and oxygen atoms in total. The fourth-order valence-electron chi connectivity index (χ4n) is 1.55. The summed E-state index contributed by atoms with van der Waals surface area (Å²) in [6, 6.07) is 4.35. The maximum absolute atomic E-state index is 11.3. The number of aliphatic hydroxyl groups is 1. The third kappa shape index (κ3) is 6.66. The van der Waals surface area contributed by atoms with Gasteiger partial charge >= 0.3 is 12.0 Å². The Bertz CT molecular complexity index is 511. The van der Waals surface area contributed by atoms with Gasteiger partial charge in [0.25, 0.3) is 0 Å². The molecular formula is C13H16Cl2N2O4. The van der Waals surface area contributed by atoms with Crippen molar-refractivity contribution >= 4 is 35.2 Å². The average molecular weight is 335 g/mol. The summed E-state index contributed by atoms with van der Waals surface area (Å²) in [6.07, 6.45) is -0.622. The maximum Gasteiger partial charge on any atom is 0.314 e. The Morgan fingerprint density at radius 2 is 1.81 bits per heavy atom. The van der Waals surface area contributed by atoms with E-state index in [-0.39, 0.29) is 19.5 Å². The average Bonchev–Trinajstić information content (AvgIpc) is 2.41. The summed E-state index contributed by atoms with van der Waals surface area (Å²) < 4.78 is 0. The number of carboxylic acids is 1. The van der Waals surface area contributed by atoms with Gasteiger partial charge < -0.3 is 20.8 Å². The Morgan fingerprint density at radius 3 is 2.43 bits per heavy atom. The summed E-state index contributed by atoms with van der Waals surface area (Å²) in [5, 5.41) is 24.0. The van der Waals surface area contributed by atoms with E-state index in [9.17, 15) is 14.7 Å². The number of rotatable bonds is 7. The first kappa shape index (κ1) is 17.6. The van der Waals surface area contributed by atoms with Crippen molar-refractivity contribution in [2.24, 2.45) is 0 Å². The lowest BCUT2D eigenvalue weighted by molar-refractivity contribution is -0.136. The van der Waals surface area contributed by atoms with Gasteiger partial charge in [0.1, 0.15) is 0 Å². The van der Waals surface area contributed by atoms with Gasteiger partial charge in [-0.05, 0) is 24.1 Å². The molecule has 0 heterocycles. The SMILES string of the molecule is O=C(O)CCNC(=O)NCCC(O)c1ccc(Cl)c(Cl)c1. The number of halogens is 2. The number of benzene rings is 1. The minimum absolute atomic E-state index is 0.0521. The van der Waals surface area contributed by atoms with Gasteiger partial charge in [-0.2, -0.15) is 0 Å². The molecule has 1 aromatic rings. The van der Waals surface area contributed by atoms with E-state index in [1.165, 1.54) is 0 Å². The van der Waals surface area contributed by atoms with Crippen LogP contribution in [0.3, 0.4) is 0 Å². The quantitative estimate of drug-likeness (QED) is 0.614. The molecule has 8 heteroatoms. The predicted molar refractivity (Wildman–Crippen MR) is 79.7 cm³/mol. The van der Waals surface area contributed by atoms with Crippen molar-refractivity contribution in [3.63, 3.8) is 0 Å². The molecule has 0 aliphatic carbocycles. The number of hydrogen-bond acceptors (Lipinski definition) is 3. The fraction of sp³-hybridized carbons (Fsp3) is 0.385. The molecule has 1 rings (SSSR count). The van der Waals surface area contributed by atoms with Crippen molar-refractivity contribution in [2.45, 2.75) is 18.9 Å². The molecule has 1 aromatic carbocycles. The number of nitrogens with one attached hydrogen (secondary N) is 2. The third-order valence-corrected chi connectivity index (χ3v) is 3.40. The minimum atomic E-state index is -0.981. The molecule has 21 heavy (non-hydrogen) atoms. The van der Waals surface area contributed by atoms with Crippen molar-refractivity contribution in [3.05, 3.63) is 33.8 Å². The topological polar surface area (TPSA) is 98.7 Å². The largest absolute Gasteiger partial charge is 0.481 e. The van der Waals surface area contributed by atoms with Crippen molar-refractivity contribution in [3.8, 4) is 0 Å². The van der Waals surface area contributed by atoms with Gasteiger partial charge in [0, 0.05) is 13.1 Å². The van der Waals surface area contributed by atoms with Crippen molar-refractivity contribution in [1.82, 2.24) is 10.6 Å².